The van der Waals surface area contributed by atoms with E-state index in [9.17, 15) is 0 Å². The third-order valence-corrected chi connectivity index (χ3v) is 3.98. The molecule has 1 aromatic rings. The highest BCUT2D eigenvalue weighted by Gasteiger charge is 2.50. The van der Waals surface area contributed by atoms with Gasteiger partial charge in [-0.2, -0.15) is 0 Å². The fourth-order valence-corrected chi connectivity index (χ4v) is 2.78. The molecule has 1 aliphatic carbocycles. The lowest BCUT2D eigenvalue weighted by Crippen LogP contribution is -2.13. The smallest absolute Gasteiger partial charge is 0.0188 e. The van der Waals surface area contributed by atoms with Crippen molar-refractivity contribution in [1.82, 2.24) is 0 Å². The Hall–Kier alpha value is -0.340. The Labute approximate surface area is 71.2 Å². The third-order valence-electron chi connectivity index (χ3n) is 2.68. The lowest BCUT2D eigenvalue weighted by Gasteiger charge is -2.07. The molecule has 1 nitrogen and oxygen atoms in total. The number of thiophene rings is 1. The molecular weight excluding hydrogens is 154 g/mol. The van der Waals surface area contributed by atoms with Gasteiger partial charge in [-0.15, -0.1) is 11.3 Å². The minimum absolute atomic E-state index is 0.318. The summed E-state index contributed by atoms with van der Waals surface area (Å²) in [5.41, 5.74) is 7.59. The standard InChI is InChI=1S/C9H13NS/c1-6-3-4-11-8(6)9(2)5-7(9)10/h3-4,7H,5,10H2,1-2H3. The van der Waals surface area contributed by atoms with Crippen LogP contribution in [-0.2, 0) is 5.41 Å². The monoisotopic (exact) mass is 167 g/mol. The summed E-state index contributed by atoms with van der Waals surface area (Å²) in [4.78, 5) is 1.49. The van der Waals surface area contributed by atoms with Crippen LogP contribution in [0.1, 0.15) is 23.8 Å². The zero-order chi connectivity index (χ0) is 8.06. The molecule has 0 saturated heterocycles. The molecule has 2 heteroatoms. The first-order valence-corrected chi connectivity index (χ1v) is 4.83. The number of aryl methyl sites for hydroxylation is 1. The number of nitrogens with two attached hydrogens (primary N) is 1. The van der Waals surface area contributed by atoms with Gasteiger partial charge in [0.2, 0.25) is 0 Å². The van der Waals surface area contributed by atoms with Gasteiger partial charge in [0.25, 0.3) is 0 Å². The van der Waals surface area contributed by atoms with Gasteiger partial charge in [-0.1, -0.05) is 6.92 Å². The average Bonchev–Trinajstić information content (AvgIpc) is 2.43. The first-order valence-electron chi connectivity index (χ1n) is 3.95. The molecule has 0 spiro atoms. The molecule has 60 valence electrons. The predicted molar refractivity (Wildman–Crippen MR) is 49.0 cm³/mol. The van der Waals surface area contributed by atoms with E-state index >= 15 is 0 Å². The lowest BCUT2D eigenvalue weighted by molar-refractivity contribution is 0.753. The van der Waals surface area contributed by atoms with Crippen LogP contribution in [0.4, 0.5) is 0 Å². The van der Waals surface area contributed by atoms with Crippen molar-refractivity contribution < 1.29 is 0 Å². The average molecular weight is 167 g/mol. The van der Waals surface area contributed by atoms with Crippen LogP contribution in [0.2, 0.25) is 0 Å². The van der Waals surface area contributed by atoms with Crippen LogP contribution < -0.4 is 5.73 Å². The molecule has 2 rings (SSSR count). The molecule has 11 heavy (non-hydrogen) atoms. The Kier molecular flexibility index (Phi) is 1.38. The van der Waals surface area contributed by atoms with Crippen LogP contribution in [0.5, 0.6) is 0 Å². The largest absolute Gasteiger partial charge is 0.327 e. The minimum atomic E-state index is 0.318. The number of hydrogen-bond acceptors (Lipinski definition) is 2. The molecular formula is C9H13NS. The van der Waals surface area contributed by atoms with Crippen LogP contribution in [0.25, 0.3) is 0 Å². The maximum Gasteiger partial charge on any atom is 0.0188 e. The Balaban J connectivity index is 2.37. The summed E-state index contributed by atoms with van der Waals surface area (Å²) >= 11 is 1.84. The van der Waals surface area contributed by atoms with Crippen LogP contribution in [0.3, 0.4) is 0 Å². The van der Waals surface area contributed by atoms with Crippen molar-refractivity contribution in [3.05, 3.63) is 21.9 Å². The van der Waals surface area contributed by atoms with E-state index in [4.69, 9.17) is 5.73 Å². The van der Waals surface area contributed by atoms with Crippen molar-refractivity contribution >= 4 is 11.3 Å². The second kappa shape index (κ2) is 2.08. The summed E-state index contributed by atoms with van der Waals surface area (Å²) in [5.74, 6) is 0. The Morgan fingerprint density at radius 3 is 2.73 bits per heavy atom. The van der Waals surface area contributed by atoms with E-state index in [1.807, 2.05) is 11.3 Å². The first kappa shape index (κ1) is 7.32. The Morgan fingerprint density at radius 1 is 1.73 bits per heavy atom. The summed E-state index contributed by atoms with van der Waals surface area (Å²) < 4.78 is 0. The van der Waals surface area contributed by atoms with Crippen molar-refractivity contribution in [2.45, 2.75) is 31.7 Å². The van der Waals surface area contributed by atoms with Crippen LogP contribution in [-0.4, -0.2) is 6.04 Å². The molecule has 2 atom stereocenters. The fourth-order valence-electron chi connectivity index (χ4n) is 1.62. The van der Waals surface area contributed by atoms with Gasteiger partial charge in [0, 0.05) is 16.3 Å². The third kappa shape index (κ3) is 0.932. The maximum absolute atomic E-state index is 5.87. The normalized spacial score (nSPS) is 35.7. The van der Waals surface area contributed by atoms with Gasteiger partial charge in [-0.25, -0.2) is 0 Å². The fraction of sp³-hybridized carbons (Fsp3) is 0.556. The SMILES string of the molecule is Cc1ccsc1C1(C)CC1N. The maximum atomic E-state index is 5.87. The van der Waals surface area contributed by atoms with Gasteiger partial charge in [-0.3, -0.25) is 0 Å². The predicted octanol–water partition coefficient (Wildman–Crippen LogP) is 2.05. The van der Waals surface area contributed by atoms with Crippen molar-refractivity contribution in [1.29, 1.82) is 0 Å². The van der Waals surface area contributed by atoms with E-state index < -0.39 is 0 Å². The highest BCUT2D eigenvalue weighted by atomic mass is 32.1. The summed E-state index contributed by atoms with van der Waals surface area (Å²) in [6.45, 7) is 4.43. The summed E-state index contributed by atoms with van der Waals surface area (Å²) in [6.07, 6.45) is 1.16. The van der Waals surface area contributed by atoms with Crippen LogP contribution in [0.15, 0.2) is 11.4 Å². The molecule has 0 aliphatic heterocycles. The zero-order valence-electron chi connectivity index (χ0n) is 6.92. The van der Waals surface area contributed by atoms with Gasteiger partial charge < -0.3 is 5.73 Å². The Morgan fingerprint density at radius 2 is 2.36 bits per heavy atom. The van der Waals surface area contributed by atoms with Crippen molar-refractivity contribution in [2.24, 2.45) is 5.73 Å². The molecule has 0 amide bonds. The molecule has 1 heterocycles. The highest BCUT2D eigenvalue weighted by molar-refractivity contribution is 7.10. The van der Waals surface area contributed by atoms with Crippen molar-refractivity contribution in [3.8, 4) is 0 Å². The van der Waals surface area contributed by atoms with Crippen LogP contribution in [0, 0.1) is 6.92 Å². The lowest BCUT2D eigenvalue weighted by atomic mass is 10.0. The van der Waals surface area contributed by atoms with E-state index in [1.165, 1.54) is 10.4 Å². The van der Waals surface area contributed by atoms with Crippen LogP contribution >= 0.6 is 11.3 Å². The number of rotatable bonds is 1. The quantitative estimate of drug-likeness (QED) is 0.680. The minimum Gasteiger partial charge on any atom is -0.327 e. The van der Waals surface area contributed by atoms with E-state index in [0.717, 1.165) is 6.42 Å². The second-order valence-corrected chi connectivity index (χ2v) is 4.58. The zero-order valence-corrected chi connectivity index (χ0v) is 7.74. The first-order chi connectivity index (χ1) is 5.14. The topological polar surface area (TPSA) is 26.0 Å². The molecule has 2 N–H and O–H groups in total. The second-order valence-electron chi connectivity index (χ2n) is 3.66. The molecule has 0 radical (unpaired) electrons. The summed E-state index contributed by atoms with van der Waals surface area (Å²) in [5, 5.41) is 2.15. The van der Waals surface area contributed by atoms with E-state index in [2.05, 4.69) is 25.3 Å². The summed E-state index contributed by atoms with van der Waals surface area (Å²) in [7, 11) is 0. The molecule has 1 aliphatic rings. The molecule has 1 saturated carbocycles. The van der Waals surface area contributed by atoms with Gasteiger partial charge in [0.1, 0.15) is 0 Å². The molecule has 2 unspecified atom stereocenters. The molecule has 1 fully saturated rings. The number of hydrogen-bond donors (Lipinski definition) is 1. The Bertz CT molecular complexity index is 279. The summed E-state index contributed by atoms with van der Waals surface area (Å²) in [6, 6.07) is 2.58. The van der Waals surface area contributed by atoms with Gasteiger partial charge in [0.05, 0.1) is 0 Å². The van der Waals surface area contributed by atoms with E-state index in [-0.39, 0.29) is 0 Å². The molecule has 0 aromatic carbocycles. The van der Waals surface area contributed by atoms with E-state index in [0.29, 0.717) is 11.5 Å². The molecule has 0 bridgehead atoms. The van der Waals surface area contributed by atoms with Crippen molar-refractivity contribution in [2.75, 3.05) is 0 Å². The van der Waals surface area contributed by atoms with E-state index in [1.54, 1.807) is 0 Å². The molecule has 1 aromatic heterocycles. The highest BCUT2D eigenvalue weighted by Crippen LogP contribution is 2.49. The van der Waals surface area contributed by atoms with Gasteiger partial charge in [0.15, 0.2) is 0 Å². The van der Waals surface area contributed by atoms with Crippen molar-refractivity contribution in [3.63, 3.8) is 0 Å². The van der Waals surface area contributed by atoms with Gasteiger partial charge in [-0.05, 0) is 30.4 Å². The van der Waals surface area contributed by atoms with Gasteiger partial charge >= 0.3 is 0 Å².